The predicted molar refractivity (Wildman–Crippen MR) is 136 cm³/mol. The number of hydrogen-bond donors (Lipinski definition) is 2. The average molecular weight is 434 g/mol. The molecule has 4 rings (SSSR count). The van der Waals surface area contributed by atoms with E-state index in [0.717, 1.165) is 13.1 Å². The average Bonchev–Trinajstić information content (AvgIpc) is 2.74. The normalized spacial score (nSPS) is 20.2. The van der Waals surface area contributed by atoms with Crippen molar-refractivity contribution in [1.82, 2.24) is 15.5 Å². The third-order valence-electron chi connectivity index (χ3n) is 5.88. The van der Waals surface area contributed by atoms with Gasteiger partial charge in [-0.15, -0.1) is 0 Å². The highest BCUT2D eigenvalue weighted by Gasteiger charge is 2.32. The van der Waals surface area contributed by atoms with Gasteiger partial charge in [-0.25, -0.2) is 0 Å². The first-order chi connectivity index (χ1) is 14.8. The lowest BCUT2D eigenvalue weighted by atomic mass is 9.89. The lowest BCUT2D eigenvalue weighted by molar-refractivity contribution is 0.364. The smallest absolute Gasteiger partial charge is 0.171 e. The van der Waals surface area contributed by atoms with Gasteiger partial charge in [-0.2, -0.15) is 0 Å². The Hall–Kier alpha value is -2.83. The van der Waals surface area contributed by atoms with E-state index in [9.17, 15) is 0 Å². The summed E-state index contributed by atoms with van der Waals surface area (Å²) in [6.45, 7) is 1.78. The van der Waals surface area contributed by atoms with Crippen LogP contribution in [0.4, 0.5) is 11.4 Å². The lowest BCUT2D eigenvalue weighted by Crippen LogP contribution is -2.49. The Morgan fingerprint density at radius 1 is 0.903 bits per heavy atom. The molecule has 31 heavy (non-hydrogen) atoms. The Kier molecular flexibility index (Phi) is 6.03. The molecule has 2 aliphatic rings. The Labute approximate surface area is 191 Å². The van der Waals surface area contributed by atoms with Crippen molar-refractivity contribution in [3.05, 3.63) is 76.5 Å². The van der Waals surface area contributed by atoms with Crippen molar-refractivity contribution in [3.63, 3.8) is 0 Å². The zero-order chi connectivity index (χ0) is 22.1. The van der Waals surface area contributed by atoms with Gasteiger partial charge in [0.25, 0.3) is 0 Å². The van der Waals surface area contributed by atoms with E-state index in [-0.39, 0.29) is 6.04 Å². The molecule has 0 radical (unpaired) electrons. The molecule has 2 aliphatic heterocycles. The molecule has 2 aromatic carbocycles. The summed E-state index contributed by atoms with van der Waals surface area (Å²) in [5, 5.41) is 7.63. The van der Waals surface area contributed by atoms with Crippen LogP contribution in [0.1, 0.15) is 17.2 Å². The summed E-state index contributed by atoms with van der Waals surface area (Å²) in [4.78, 5) is 6.59. The maximum Gasteiger partial charge on any atom is 0.171 e. The number of benzene rings is 2. The summed E-state index contributed by atoms with van der Waals surface area (Å²) in [7, 11) is 10.4. The molecule has 162 valence electrons. The molecule has 0 aromatic heterocycles. The number of hydrogen-bond acceptors (Lipinski definition) is 4. The van der Waals surface area contributed by atoms with E-state index in [0.29, 0.717) is 5.11 Å². The van der Waals surface area contributed by atoms with Crippen LogP contribution in [0.2, 0.25) is 0 Å². The quantitative estimate of drug-likeness (QED) is 0.717. The molecule has 6 heteroatoms. The van der Waals surface area contributed by atoms with Gasteiger partial charge >= 0.3 is 0 Å². The molecule has 0 saturated heterocycles. The van der Waals surface area contributed by atoms with Crippen molar-refractivity contribution in [2.75, 3.05) is 58.1 Å². The highest BCUT2D eigenvalue weighted by molar-refractivity contribution is 7.80. The topological polar surface area (TPSA) is 33.8 Å². The number of nitrogens with one attached hydrogen (secondary N) is 2. The number of rotatable bonds is 4. The Bertz CT molecular complexity index is 1020. The van der Waals surface area contributed by atoms with E-state index < -0.39 is 0 Å². The molecule has 1 unspecified atom stereocenters. The summed E-state index contributed by atoms with van der Waals surface area (Å²) in [6, 6.07) is 17.5. The molecule has 2 N–H and O–H groups in total. The van der Waals surface area contributed by atoms with Crippen LogP contribution in [0, 0.1) is 0 Å². The van der Waals surface area contributed by atoms with E-state index in [1.807, 2.05) is 0 Å². The number of thiocarbonyl (C=S) groups is 1. The van der Waals surface area contributed by atoms with Gasteiger partial charge in [0.15, 0.2) is 5.11 Å². The van der Waals surface area contributed by atoms with Gasteiger partial charge in [-0.1, -0.05) is 24.3 Å². The summed E-state index contributed by atoms with van der Waals surface area (Å²) in [5.74, 6) is 0. The van der Waals surface area contributed by atoms with Crippen molar-refractivity contribution in [2.24, 2.45) is 0 Å². The highest BCUT2D eigenvalue weighted by Crippen LogP contribution is 2.34. The molecule has 0 fully saturated rings. The Balaban J connectivity index is 1.72. The van der Waals surface area contributed by atoms with Crippen LogP contribution in [-0.4, -0.2) is 58.3 Å². The van der Waals surface area contributed by atoms with Gasteiger partial charge in [0.05, 0.1) is 6.04 Å². The first kappa shape index (κ1) is 21.4. The van der Waals surface area contributed by atoms with Crippen LogP contribution in [0.5, 0.6) is 0 Å². The van der Waals surface area contributed by atoms with Crippen molar-refractivity contribution in [1.29, 1.82) is 0 Å². The van der Waals surface area contributed by atoms with Gasteiger partial charge in [0.2, 0.25) is 0 Å². The Morgan fingerprint density at radius 3 is 2.06 bits per heavy atom. The maximum atomic E-state index is 5.60. The van der Waals surface area contributed by atoms with Crippen molar-refractivity contribution in [2.45, 2.75) is 6.04 Å². The monoisotopic (exact) mass is 433 g/mol. The van der Waals surface area contributed by atoms with Crippen LogP contribution < -0.4 is 20.4 Å². The van der Waals surface area contributed by atoms with Crippen molar-refractivity contribution >= 4 is 34.8 Å². The van der Waals surface area contributed by atoms with Crippen molar-refractivity contribution in [3.8, 4) is 0 Å². The summed E-state index contributed by atoms with van der Waals surface area (Å²) < 4.78 is 0. The first-order valence-corrected chi connectivity index (χ1v) is 11.0. The minimum Gasteiger partial charge on any atom is -0.378 e. The highest BCUT2D eigenvalue weighted by atomic mass is 32.1. The van der Waals surface area contributed by atoms with Crippen LogP contribution in [-0.2, 0) is 0 Å². The molecule has 1 atom stereocenters. The van der Waals surface area contributed by atoms with E-state index in [2.05, 4.69) is 115 Å². The first-order valence-electron chi connectivity index (χ1n) is 10.6. The van der Waals surface area contributed by atoms with Crippen LogP contribution in [0.25, 0.3) is 6.08 Å². The van der Waals surface area contributed by atoms with E-state index in [1.54, 1.807) is 0 Å². The fourth-order valence-corrected chi connectivity index (χ4v) is 4.42. The third kappa shape index (κ3) is 4.60. The second-order valence-corrected chi connectivity index (χ2v) is 9.15. The fourth-order valence-electron chi connectivity index (χ4n) is 4.20. The van der Waals surface area contributed by atoms with Crippen molar-refractivity contribution < 1.29 is 0 Å². The minimum atomic E-state index is 0.0715. The SMILES string of the molecule is CN1CC2=C(NC(=S)NC2c2ccc(N(C)C)cc2)/C(=C/c2ccc(N(C)C)cc2)C1. The number of anilines is 2. The molecular weight excluding hydrogens is 402 g/mol. The predicted octanol–water partition coefficient (Wildman–Crippen LogP) is 3.62. The molecular formula is C25H31N5S. The second-order valence-electron chi connectivity index (χ2n) is 8.75. The minimum absolute atomic E-state index is 0.0715. The van der Waals surface area contributed by atoms with Gasteiger partial charge in [-0.05, 0) is 71.9 Å². The molecule has 0 amide bonds. The molecule has 2 heterocycles. The fraction of sp³-hybridized carbons (Fsp3) is 0.320. The summed E-state index contributed by atoms with van der Waals surface area (Å²) in [6.07, 6.45) is 2.28. The van der Waals surface area contributed by atoms with Gasteiger partial charge in [0, 0.05) is 58.4 Å². The van der Waals surface area contributed by atoms with Gasteiger partial charge in [0.1, 0.15) is 0 Å². The summed E-state index contributed by atoms with van der Waals surface area (Å²) >= 11 is 5.60. The van der Waals surface area contributed by atoms with Gasteiger partial charge < -0.3 is 20.4 Å². The van der Waals surface area contributed by atoms with Crippen LogP contribution in [0.15, 0.2) is 65.4 Å². The van der Waals surface area contributed by atoms with E-state index >= 15 is 0 Å². The summed E-state index contributed by atoms with van der Waals surface area (Å²) in [5.41, 5.74) is 8.58. The molecule has 0 spiro atoms. The standard InChI is InChI=1S/C25H31N5S/c1-28(2)20-10-6-17(7-11-20)14-19-15-30(5)16-22-23(26-25(31)27-24(19)22)18-8-12-21(13-9-18)29(3)4/h6-14,23H,15-16H2,1-5H3,(H2,26,27,31)/b19-14+. The molecule has 0 aliphatic carbocycles. The number of likely N-dealkylation sites (N-methyl/N-ethyl adjacent to an activating group) is 1. The lowest BCUT2D eigenvalue weighted by Gasteiger charge is -2.39. The Morgan fingerprint density at radius 2 is 1.48 bits per heavy atom. The zero-order valence-corrected chi connectivity index (χ0v) is 19.8. The van der Waals surface area contributed by atoms with Gasteiger partial charge in [-0.3, -0.25) is 4.90 Å². The largest absolute Gasteiger partial charge is 0.378 e. The zero-order valence-electron chi connectivity index (χ0n) is 18.9. The van der Waals surface area contributed by atoms with E-state index in [4.69, 9.17) is 12.2 Å². The van der Waals surface area contributed by atoms with Crippen LogP contribution >= 0.6 is 12.2 Å². The molecule has 2 aromatic rings. The third-order valence-corrected chi connectivity index (χ3v) is 6.10. The van der Waals surface area contributed by atoms with E-state index in [1.165, 1.54) is 39.3 Å². The maximum absolute atomic E-state index is 5.60. The van der Waals surface area contributed by atoms with Crippen LogP contribution in [0.3, 0.4) is 0 Å². The molecule has 0 bridgehead atoms. The molecule has 5 nitrogen and oxygen atoms in total. The number of nitrogens with zero attached hydrogens (tertiary/aromatic N) is 3. The second kappa shape index (κ2) is 8.73. The molecule has 0 saturated carbocycles.